The van der Waals surface area contributed by atoms with Gasteiger partial charge in [-0.2, -0.15) is 0 Å². The maximum Gasteiger partial charge on any atom is 0.252 e. The smallest absolute Gasteiger partial charge is 0.252 e. The van der Waals surface area contributed by atoms with E-state index in [4.69, 9.17) is 4.74 Å². The number of hydrogen-bond donors (Lipinski definition) is 1. The molecule has 136 valence electrons. The zero-order valence-electron chi connectivity index (χ0n) is 15.2. The lowest BCUT2D eigenvalue weighted by molar-refractivity contribution is -0.127. The summed E-state index contributed by atoms with van der Waals surface area (Å²) < 4.78 is 5.32. The van der Waals surface area contributed by atoms with E-state index in [2.05, 4.69) is 16.4 Å². The van der Waals surface area contributed by atoms with Crippen molar-refractivity contribution in [3.63, 3.8) is 0 Å². The number of rotatable bonds is 4. The fraction of sp³-hybridized carbons (Fsp3) is 0.579. The number of amides is 1. The molecular formula is C19H28N4O2. The standard InChI is InChI=1S/C19H28N4O2/c1-22(2)18-8-7-17(13-20-18)21-16-6-3-10-23(11-9-16)19(24)15-5-4-12-25-14-15/h7-8,13-14,16,21H,3-6,9-12H2,1-2H3/t16-/m0/s1. The Morgan fingerprint density at radius 3 is 2.84 bits per heavy atom. The van der Waals surface area contributed by atoms with Crippen molar-refractivity contribution in [2.75, 3.05) is 44.0 Å². The van der Waals surface area contributed by atoms with Crippen LogP contribution < -0.4 is 10.2 Å². The average molecular weight is 344 g/mol. The van der Waals surface area contributed by atoms with Crippen LogP contribution in [0.5, 0.6) is 0 Å². The summed E-state index contributed by atoms with van der Waals surface area (Å²) >= 11 is 0. The first kappa shape index (κ1) is 17.6. The number of likely N-dealkylation sites (tertiary alicyclic amines) is 1. The molecule has 25 heavy (non-hydrogen) atoms. The lowest BCUT2D eigenvalue weighted by Gasteiger charge is -2.24. The van der Waals surface area contributed by atoms with Gasteiger partial charge in [-0.1, -0.05) is 0 Å². The first-order valence-electron chi connectivity index (χ1n) is 9.13. The van der Waals surface area contributed by atoms with Gasteiger partial charge in [0, 0.05) is 33.2 Å². The molecule has 0 spiro atoms. The summed E-state index contributed by atoms with van der Waals surface area (Å²) in [5.74, 6) is 1.10. The van der Waals surface area contributed by atoms with Crippen molar-refractivity contribution in [3.8, 4) is 0 Å². The maximum absolute atomic E-state index is 12.6. The van der Waals surface area contributed by atoms with Gasteiger partial charge < -0.3 is 19.9 Å². The summed E-state index contributed by atoms with van der Waals surface area (Å²) in [5.41, 5.74) is 1.86. The van der Waals surface area contributed by atoms with E-state index in [0.717, 1.165) is 68.9 Å². The van der Waals surface area contributed by atoms with Gasteiger partial charge in [0.15, 0.2) is 0 Å². The van der Waals surface area contributed by atoms with Crippen LogP contribution in [0, 0.1) is 0 Å². The topological polar surface area (TPSA) is 57.7 Å². The SMILES string of the molecule is CN(C)c1ccc(N[C@H]2CCCN(C(=O)C3=COCCC3)CC2)cn1. The highest BCUT2D eigenvalue weighted by Gasteiger charge is 2.24. The minimum atomic E-state index is 0.150. The molecule has 1 N–H and O–H groups in total. The molecule has 1 saturated heterocycles. The van der Waals surface area contributed by atoms with E-state index in [1.54, 1.807) is 6.26 Å². The van der Waals surface area contributed by atoms with Gasteiger partial charge in [0.05, 0.1) is 30.3 Å². The summed E-state index contributed by atoms with van der Waals surface area (Å²) in [6, 6.07) is 4.46. The Kier molecular flexibility index (Phi) is 5.79. The fourth-order valence-electron chi connectivity index (χ4n) is 3.34. The number of nitrogens with one attached hydrogen (secondary N) is 1. The first-order chi connectivity index (χ1) is 12.1. The predicted molar refractivity (Wildman–Crippen MR) is 99.7 cm³/mol. The van der Waals surface area contributed by atoms with Crippen molar-refractivity contribution in [1.82, 2.24) is 9.88 Å². The molecule has 2 aliphatic heterocycles. The molecule has 3 heterocycles. The molecule has 0 radical (unpaired) electrons. The van der Waals surface area contributed by atoms with E-state index in [9.17, 15) is 4.79 Å². The number of carbonyl (C=O) groups excluding carboxylic acids is 1. The summed E-state index contributed by atoms with van der Waals surface area (Å²) in [5, 5.41) is 3.57. The maximum atomic E-state index is 12.6. The molecule has 3 rings (SSSR count). The highest BCUT2D eigenvalue weighted by molar-refractivity contribution is 5.93. The van der Waals surface area contributed by atoms with Crippen molar-refractivity contribution < 1.29 is 9.53 Å². The average Bonchev–Trinajstić information content (AvgIpc) is 2.88. The van der Waals surface area contributed by atoms with Crippen LogP contribution in [-0.4, -0.2) is 55.6 Å². The van der Waals surface area contributed by atoms with Crippen LogP contribution in [0.1, 0.15) is 32.1 Å². The van der Waals surface area contributed by atoms with Crippen molar-refractivity contribution in [1.29, 1.82) is 0 Å². The molecule has 1 aromatic rings. The Bertz CT molecular complexity index is 612. The molecule has 0 unspecified atom stereocenters. The third kappa shape index (κ3) is 4.65. The first-order valence-corrected chi connectivity index (χ1v) is 9.13. The molecule has 1 atom stereocenters. The van der Waals surface area contributed by atoms with Crippen molar-refractivity contribution >= 4 is 17.4 Å². The van der Waals surface area contributed by atoms with Gasteiger partial charge in [-0.3, -0.25) is 4.79 Å². The van der Waals surface area contributed by atoms with Crippen LogP contribution in [-0.2, 0) is 9.53 Å². The molecule has 0 bridgehead atoms. The van der Waals surface area contributed by atoms with Gasteiger partial charge in [0.25, 0.3) is 5.91 Å². The second kappa shape index (κ2) is 8.23. The number of ether oxygens (including phenoxy) is 1. The number of anilines is 2. The molecule has 0 aliphatic carbocycles. The molecule has 0 saturated carbocycles. The predicted octanol–water partition coefficient (Wildman–Crippen LogP) is 2.63. The lowest BCUT2D eigenvalue weighted by Crippen LogP contribution is -2.34. The summed E-state index contributed by atoms with van der Waals surface area (Å²) in [6.45, 7) is 2.34. The van der Waals surface area contributed by atoms with E-state index in [-0.39, 0.29) is 5.91 Å². The zero-order chi connectivity index (χ0) is 17.6. The van der Waals surface area contributed by atoms with Gasteiger partial charge >= 0.3 is 0 Å². The van der Waals surface area contributed by atoms with E-state index >= 15 is 0 Å². The van der Waals surface area contributed by atoms with Gasteiger partial charge in [-0.25, -0.2) is 4.98 Å². The van der Waals surface area contributed by atoms with Crippen molar-refractivity contribution in [2.45, 2.75) is 38.1 Å². The Morgan fingerprint density at radius 2 is 2.16 bits per heavy atom. The van der Waals surface area contributed by atoms with Gasteiger partial charge in [-0.05, 0) is 44.2 Å². The van der Waals surface area contributed by atoms with Gasteiger partial charge in [-0.15, -0.1) is 0 Å². The van der Waals surface area contributed by atoms with E-state index in [1.807, 2.05) is 36.2 Å². The minimum Gasteiger partial charge on any atom is -0.501 e. The third-order valence-electron chi connectivity index (χ3n) is 4.80. The number of aromatic nitrogens is 1. The molecule has 0 aromatic carbocycles. The van der Waals surface area contributed by atoms with Crippen LogP contribution in [0.15, 0.2) is 30.2 Å². The molecule has 1 amide bonds. The number of carbonyl (C=O) groups is 1. The van der Waals surface area contributed by atoms with E-state index in [0.29, 0.717) is 6.04 Å². The molecule has 6 nitrogen and oxygen atoms in total. The summed E-state index contributed by atoms with van der Waals surface area (Å²) in [4.78, 5) is 21.0. The van der Waals surface area contributed by atoms with E-state index in [1.165, 1.54) is 0 Å². The molecule has 6 heteroatoms. The quantitative estimate of drug-likeness (QED) is 0.910. The highest BCUT2D eigenvalue weighted by atomic mass is 16.5. The van der Waals surface area contributed by atoms with Crippen molar-refractivity contribution in [3.05, 3.63) is 30.2 Å². The Balaban J connectivity index is 1.54. The Hall–Kier alpha value is -2.24. The molecule has 2 aliphatic rings. The minimum absolute atomic E-state index is 0.150. The monoisotopic (exact) mass is 344 g/mol. The summed E-state index contributed by atoms with van der Waals surface area (Å²) in [7, 11) is 3.97. The molecule has 1 aromatic heterocycles. The lowest BCUT2D eigenvalue weighted by atomic mass is 10.1. The summed E-state index contributed by atoms with van der Waals surface area (Å²) in [6.07, 6.45) is 8.34. The second-order valence-electron chi connectivity index (χ2n) is 6.98. The fourth-order valence-corrected chi connectivity index (χ4v) is 3.34. The van der Waals surface area contributed by atoms with Crippen LogP contribution in [0.3, 0.4) is 0 Å². The van der Waals surface area contributed by atoms with Crippen molar-refractivity contribution in [2.24, 2.45) is 0 Å². The number of nitrogens with zero attached hydrogens (tertiary/aromatic N) is 3. The third-order valence-corrected chi connectivity index (χ3v) is 4.80. The number of pyridine rings is 1. The van der Waals surface area contributed by atoms with Crippen LogP contribution in [0.2, 0.25) is 0 Å². The largest absolute Gasteiger partial charge is 0.501 e. The normalized spacial score (nSPS) is 21.0. The van der Waals surface area contributed by atoms with Gasteiger partial charge in [0.1, 0.15) is 5.82 Å². The zero-order valence-corrected chi connectivity index (χ0v) is 15.2. The Labute approximate surface area is 149 Å². The Morgan fingerprint density at radius 1 is 1.28 bits per heavy atom. The number of hydrogen-bond acceptors (Lipinski definition) is 5. The molecular weight excluding hydrogens is 316 g/mol. The van der Waals surface area contributed by atoms with Crippen LogP contribution >= 0.6 is 0 Å². The molecule has 1 fully saturated rings. The van der Waals surface area contributed by atoms with E-state index < -0.39 is 0 Å². The van der Waals surface area contributed by atoms with Gasteiger partial charge in [0.2, 0.25) is 0 Å². The second-order valence-corrected chi connectivity index (χ2v) is 6.98. The highest BCUT2D eigenvalue weighted by Crippen LogP contribution is 2.21. The van der Waals surface area contributed by atoms with Crippen LogP contribution in [0.25, 0.3) is 0 Å². The van der Waals surface area contributed by atoms with Crippen LogP contribution in [0.4, 0.5) is 11.5 Å².